The van der Waals surface area contributed by atoms with Gasteiger partial charge < -0.3 is 0 Å². The molecule has 0 aromatic heterocycles. The highest BCUT2D eigenvalue weighted by molar-refractivity contribution is 6.28. The van der Waals surface area contributed by atoms with Crippen LogP contribution in [0.3, 0.4) is 0 Å². The first kappa shape index (κ1) is 22.5. The first-order chi connectivity index (χ1) is 19.8. The fraction of sp³-hybridized carbons (Fsp3) is 0. The van der Waals surface area contributed by atoms with Crippen molar-refractivity contribution in [2.45, 2.75) is 0 Å². The molecule has 0 fully saturated rings. The number of hydrogen-bond acceptors (Lipinski definition) is 0. The van der Waals surface area contributed by atoms with Crippen molar-refractivity contribution < 1.29 is 0 Å². The molecule has 1 heteroatoms. The van der Waals surface area contributed by atoms with Crippen LogP contribution in [-0.4, -0.2) is 0 Å². The minimum atomic E-state index is 0.661. The molecule has 0 atom stereocenters. The van der Waals surface area contributed by atoms with Crippen molar-refractivity contribution in [2.24, 2.45) is 0 Å². The molecule has 0 saturated carbocycles. The lowest BCUT2D eigenvalue weighted by atomic mass is 9.82. The van der Waals surface area contributed by atoms with E-state index >= 15 is 0 Å². The van der Waals surface area contributed by atoms with Gasteiger partial charge in [-0.2, -0.15) is 0 Å². The Bertz CT molecular complexity index is 2040. The van der Waals surface area contributed by atoms with E-state index in [1.807, 2.05) is 12.1 Å². The third-order valence-corrected chi connectivity index (χ3v) is 8.23. The van der Waals surface area contributed by atoms with Crippen molar-refractivity contribution in [1.82, 2.24) is 0 Å². The summed E-state index contributed by atoms with van der Waals surface area (Å²) in [5.41, 5.74) is 13.2. The Labute approximate surface area is 233 Å². The van der Waals surface area contributed by atoms with E-state index in [9.17, 15) is 0 Å². The molecule has 0 amide bonds. The molecule has 1 aliphatic carbocycles. The molecule has 1 nitrogen and oxygen atoms in total. The fourth-order valence-electron chi connectivity index (χ4n) is 6.58. The lowest BCUT2D eigenvalue weighted by molar-refractivity contribution is 1.62. The first-order valence-electron chi connectivity index (χ1n) is 13.6. The molecule has 0 unspecified atom stereocenters. The summed E-state index contributed by atoms with van der Waals surface area (Å²) < 4.78 is 0. The second kappa shape index (κ2) is 8.80. The summed E-state index contributed by atoms with van der Waals surface area (Å²) in [7, 11) is 0. The smallest absolute Gasteiger partial charge is 0.187 e. The van der Waals surface area contributed by atoms with E-state index < -0.39 is 0 Å². The van der Waals surface area contributed by atoms with Gasteiger partial charge in [-0.15, -0.1) is 0 Å². The van der Waals surface area contributed by atoms with E-state index in [4.69, 9.17) is 6.57 Å². The van der Waals surface area contributed by atoms with Crippen LogP contribution in [0.2, 0.25) is 0 Å². The van der Waals surface area contributed by atoms with Gasteiger partial charge >= 0.3 is 0 Å². The predicted molar refractivity (Wildman–Crippen MR) is 168 cm³/mol. The molecule has 7 aromatic carbocycles. The summed E-state index contributed by atoms with van der Waals surface area (Å²) in [5.74, 6) is 0. The summed E-state index contributed by atoms with van der Waals surface area (Å²) >= 11 is 0. The molecule has 0 aliphatic heterocycles. The first-order valence-corrected chi connectivity index (χ1v) is 13.6. The Kier molecular flexibility index (Phi) is 4.96. The molecular weight excluding hydrogens is 482 g/mol. The molecule has 184 valence electrons. The van der Waals surface area contributed by atoms with Crippen LogP contribution in [0.25, 0.3) is 82.0 Å². The summed E-state index contributed by atoms with van der Waals surface area (Å²) in [4.78, 5) is 3.59. The molecule has 8 rings (SSSR count). The highest BCUT2D eigenvalue weighted by Crippen LogP contribution is 2.58. The van der Waals surface area contributed by atoms with Crippen LogP contribution in [-0.2, 0) is 0 Å². The summed E-state index contributed by atoms with van der Waals surface area (Å²) in [6.07, 6.45) is 0. The van der Waals surface area contributed by atoms with Gasteiger partial charge in [-0.3, -0.25) is 0 Å². The van der Waals surface area contributed by atoms with Gasteiger partial charge in [0.05, 0.1) is 6.57 Å². The van der Waals surface area contributed by atoms with E-state index in [1.165, 1.54) is 71.6 Å². The maximum atomic E-state index is 7.36. The Morgan fingerprint density at radius 2 is 0.850 bits per heavy atom. The molecule has 0 saturated heterocycles. The van der Waals surface area contributed by atoms with Crippen molar-refractivity contribution in [3.63, 3.8) is 0 Å². The van der Waals surface area contributed by atoms with Crippen molar-refractivity contribution in [3.05, 3.63) is 151 Å². The van der Waals surface area contributed by atoms with Gasteiger partial charge in [-0.05, 0) is 77.2 Å². The zero-order valence-corrected chi connectivity index (χ0v) is 21.7. The Morgan fingerprint density at radius 3 is 1.43 bits per heavy atom. The summed E-state index contributed by atoms with van der Waals surface area (Å²) in [6, 6.07) is 49.8. The zero-order chi connectivity index (χ0) is 26.6. The Balaban J connectivity index is 1.55. The molecule has 0 spiro atoms. The van der Waals surface area contributed by atoms with Crippen LogP contribution >= 0.6 is 0 Å². The molecule has 40 heavy (non-hydrogen) atoms. The third-order valence-electron chi connectivity index (χ3n) is 8.23. The zero-order valence-electron chi connectivity index (χ0n) is 21.7. The topological polar surface area (TPSA) is 4.36 Å². The standard InChI is InChI=1S/C39H23N/c1-40-28-21-19-25(20-22-28)29-23-24-34-37-30(29)17-10-18-33(37)38-35(26-11-4-2-5-12-26)31-15-8-9-16-32(31)36(39(34)38)27-13-6-3-7-14-27/h2-24H. The number of rotatable bonds is 3. The largest absolute Gasteiger partial charge is 0.238 e. The normalized spacial score (nSPS) is 11.5. The van der Waals surface area contributed by atoms with E-state index in [2.05, 4.69) is 132 Å². The Hall–Kier alpha value is -5.45. The third kappa shape index (κ3) is 3.20. The van der Waals surface area contributed by atoms with Crippen LogP contribution in [0.4, 0.5) is 5.69 Å². The lowest BCUT2D eigenvalue weighted by Gasteiger charge is -2.20. The van der Waals surface area contributed by atoms with Crippen molar-refractivity contribution in [3.8, 4) is 55.6 Å². The van der Waals surface area contributed by atoms with Gasteiger partial charge in [-0.25, -0.2) is 4.85 Å². The van der Waals surface area contributed by atoms with Gasteiger partial charge in [0.1, 0.15) is 0 Å². The van der Waals surface area contributed by atoms with Crippen LogP contribution in [0.1, 0.15) is 0 Å². The van der Waals surface area contributed by atoms with Crippen LogP contribution in [0.5, 0.6) is 0 Å². The SMILES string of the molecule is [C-]#[N+]c1ccc(-c2ccc3c4c(cccc24)-c2c-3c(-c3ccccc3)c3ccccc3c2-c2ccccc2)cc1. The van der Waals surface area contributed by atoms with Gasteiger partial charge in [-0.1, -0.05) is 140 Å². The van der Waals surface area contributed by atoms with Crippen molar-refractivity contribution in [1.29, 1.82) is 0 Å². The van der Waals surface area contributed by atoms with Crippen molar-refractivity contribution >= 4 is 27.2 Å². The van der Waals surface area contributed by atoms with E-state index in [1.54, 1.807) is 0 Å². The molecule has 1 aliphatic rings. The Morgan fingerprint density at radius 1 is 0.350 bits per heavy atom. The summed E-state index contributed by atoms with van der Waals surface area (Å²) in [5, 5.41) is 5.08. The quantitative estimate of drug-likeness (QED) is 0.210. The molecule has 0 heterocycles. The molecule has 0 bridgehead atoms. The number of fused-ring (bicyclic) bond motifs is 4. The van der Waals surface area contributed by atoms with Crippen molar-refractivity contribution in [2.75, 3.05) is 0 Å². The highest BCUT2D eigenvalue weighted by Gasteiger charge is 2.30. The number of benzene rings is 7. The van der Waals surface area contributed by atoms with Gasteiger partial charge in [0.25, 0.3) is 0 Å². The van der Waals surface area contributed by atoms with Crippen LogP contribution < -0.4 is 0 Å². The fourth-order valence-corrected chi connectivity index (χ4v) is 6.58. The summed E-state index contributed by atoms with van der Waals surface area (Å²) in [6.45, 7) is 7.36. The monoisotopic (exact) mass is 505 g/mol. The highest BCUT2D eigenvalue weighted by atomic mass is 14.6. The molecular formula is C39H23N. The average Bonchev–Trinajstić information content (AvgIpc) is 3.36. The number of hydrogen-bond donors (Lipinski definition) is 0. The maximum absolute atomic E-state index is 7.36. The van der Waals surface area contributed by atoms with Gasteiger partial charge in [0.2, 0.25) is 0 Å². The minimum absolute atomic E-state index is 0.661. The second-order valence-electron chi connectivity index (χ2n) is 10.3. The molecule has 0 N–H and O–H groups in total. The van der Waals surface area contributed by atoms with Crippen LogP contribution in [0, 0.1) is 6.57 Å². The second-order valence-corrected chi connectivity index (χ2v) is 10.3. The maximum Gasteiger partial charge on any atom is 0.187 e. The van der Waals surface area contributed by atoms with Gasteiger partial charge in [0.15, 0.2) is 5.69 Å². The number of nitrogens with zero attached hydrogens (tertiary/aromatic N) is 1. The minimum Gasteiger partial charge on any atom is -0.238 e. The van der Waals surface area contributed by atoms with E-state index in [0.29, 0.717) is 5.69 Å². The van der Waals surface area contributed by atoms with E-state index in [-0.39, 0.29) is 0 Å². The average molecular weight is 506 g/mol. The predicted octanol–water partition coefficient (Wildman–Crippen LogP) is 11.2. The molecule has 7 aromatic rings. The molecule has 0 radical (unpaired) electrons. The van der Waals surface area contributed by atoms with Crippen LogP contribution in [0.15, 0.2) is 140 Å². The van der Waals surface area contributed by atoms with E-state index in [0.717, 1.165) is 5.56 Å². The van der Waals surface area contributed by atoms with Gasteiger partial charge in [0, 0.05) is 0 Å². The lowest BCUT2D eigenvalue weighted by Crippen LogP contribution is -1.93.